The van der Waals surface area contributed by atoms with Gasteiger partial charge in [0.2, 0.25) is 10.0 Å². The number of aliphatic hydroxyl groups excluding tert-OH is 1. The van der Waals surface area contributed by atoms with E-state index in [1.54, 1.807) is 4.72 Å². The minimum absolute atomic E-state index is 0.00163. The van der Waals surface area contributed by atoms with Crippen molar-refractivity contribution in [2.75, 3.05) is 0 Å². The smallest absolute Gasteiger partial charge is 0.324 e. The number of halogens is 2. The second kappa shape index (κ2) is 5.83. The van der Waals surface area contributed by atoms with Crippen LogP contribution in [0, 0.1) is 5.82 Å². The second-order valence-electron chi connectivity index (χ2n) is 3.75. The van der Waals surface area contributed by atoms with E-state index in [4.69, 9.17) is 16.7 Å². The summed E-state index contributed by atoms with van der Waals surface area (Å²) in [6.45, 7) is 1.10. The largest absolute Gasteiger partial charge is 0.480 e. The van der Waals surface area contributed by atoms with Gasteiger partial charge in [0.05, 0.1) is 6.10 Å². The molecule has 0 fully saturated rings. The van der Waals surface area contributed by atoms with Crippen LogP contribution in [0.15, 0.2) is 23.1 Å². The van der Waals surface area contributed by atoms with E-state index >= 15 is 0 Å². The molecule has 0 radical (unpaired) electrons. The number of carboxylic acid groups (broad SMARTS) is 1. The lowest BCUT2D eigenvalue weighted by molar-refractivity contribution is -0.141. The van der Waals surface area contributed by atoms with Crippen LogP contribution in [-0.2, 0) is 14.8 Å². The van der Waals surface area contributed by atoms with Gasteiger partial charge in [0, 0.05) is 5.02 Å². The number of sulfonamides is 1. The van der Waals surface area contributed by atoms with Crippen molar-refractivity contribution in [1.82, 2.24) is 4.72 Å². The van der Waals surface area contributed by atoms with Gasteiger partial charge in [-0.15, -0.1) is 0 Å². The highest BCUT2D eigenvalue weighted by molar-refractivity contribution is 7.89. The van der Waals surface area contributed by atoms with Gasteiger partial charge < -0.3 is 10.2 Å². The lowest BCUT2D eigenvalue weighted by Gasteiger charge is -2.17. The standard InChI is InChI=1S/C10H11ClFNO5S/c1-5(14)9(10(15)16)13-19(17,18)8-3-2-6(11)4-7(8)12/h2-5,9,13-14H,1H3,(H,15,16). The number of nitrogens with one attached hydrogen (secondary N) is 1. The molecule has 0 aliphatic carbocycles. The van der Waals surface area contributed by atoms with E-state index in [1.807, 2.05) is 0 Å². The number of hydrogen-bond acceptors (Lipinski definition) is 4. The first-order chi connectivity index (χ1) is 8.65. The van der Waals surface area contributed by atoms with Gasteiger partial charge in [0.1, 0.15) is 16.8 Å². The average molecular weight is 312 g/mol. The van der Waals surface area contributed by atoms with Crippen molar-refractivity contribution < 1.29 is 27.8 Å². The molecule has 0 amide bonds. The summed E-state index contributed by atoms with van der Waals surface area (Å²) in [6.07, 6.45) is -1.48. The second-order valence-corrected chi connectivity index (χ2v) is 5.87. The molecule has 0 aromatic heterocycles. The maximum atomic E-state index is 13.5. The molecule has 106 valence electrons. The van der Waals surface area contributed by atoms with Crippen molar-refractivity contribution in [3.8, 4) is 0 Å². The van der Waals surface area contributed by atoms with Gasteiger partial charge in [-0.2, -0.15) is 4.72 Å². The molecule has 6 nitrogen and oxygen atoms in total. The first kappa shape index (κ1) is 15.8. The Labute approximate surface area is 113 Å². The minimum Gasteiger partial charge on any atom is -0.480 e. The molecular formula is C10H11ClFNO5S. The zero-order valence-electron chi connectivity index (χ0n) is 9.67. The summed E-state index contributed by atoms with van der Waals surface area (Å²) in [4.78, 5) is 10.0. The third-order valence-electron chi connectivity index (χ3n) is 2.21. The van der Waals surface area contributed by atoms with Gasteiger partial charge in [-0.25, -0.2) is 12.8 Å². The number of rotatable bonds is 5. The highest BCUT2D eigenvalue weighted by Crippen LogP contribution is 2.19. The van der Waals surface area contributed by atoms with Crippen LogP contribution in [0.1, 0.15) is 6.92 Å². The van der Waals surface area contributed by atoms with Crippen LogP contribution >= 0.6 is 11.6 Å². The van der Waals surface area contributed by atoms with Crippen LogP contribution in [0.3, 0.4) is 0 Å². The number of aliphatic carboxylic acids is 1. The third kappa shape index (κ3) is 3.87. The van der Waals surface area contributed by atoms with Crippen LogP contribution in [0.5, 0.6) is 0 Å². The SMILES string of the molecule is CC(O)C(NS(=O)(=O)c1ccc(Cl)cc1F)C(=O)O. The van der Waals surface area contributed by atoms with E-state index in [-0.39, 0.29) is 5.02 Å². The molecule has 2 unspecified atom stereocenters. The molecule has 1 aromatic carbocycles. The summed E-state index contributed by atoms with van der Waals surface area (Å²) in [6, 6.07) is 1.06. The molecule has 9 heteroatoms. The number of carboxylic acids is 1. The van der Waals surface area contributed by atoms with Crippen LogP contribution in [0.2, 0.25) is 5.02 Å². The predicted molar refractivity (Wildman–Crippen MR) is 64.8 cm³/mol. The molecule has 0 aliphatic heterocycles. The Bertz CT molecular complexity index is 590. The Balaban J connectivity index is 3.14. The molecular weight excluding hydrogens is 301 g/mol. The van der Waals surface area contributed by atoms with E-state index in [0.717, 1.165) is 25.1 Å². The summed E-state index contributed by atoms with van der Waals surface area (Å²) >= 11 is 5.48. The normalized spacial score (nSPS) is 14.9. The lowest BCUT2D eigenvalue weighted by atomic mass is 10.2. The highest BCUT2D eigenvalue weighted by atomic mass is 35.5. The predicted octanol–water partition coefficient (Wildman–Crippen LogP) is 0.591. The Morgan fingerprint density at radius 1 is 1.47 bits per heavy atom. The van der Waals surface area contributed by atoms with Gasteiger partial charge in [-0.05, 0) is 25.1 Å². The number of hydrogen-bond donors (Lipinski definition) is 3. The highest BCUT2D eigenvalue weighted by Gasteiger charge is 2.30. The number of aliphatic hydroxyl groups is 1. The van der Waals surface area contributed by atoms with Gasteiger partial charge in [-0.1, -0.05) is 11.6 Å². The van der Waals surface area contributed by atoms with Crippen molar-refractivity contribution in [2.45, 2.75) is 24.0 Å². The topological polar surface area (TPSA) is 104 Å². The van der Waals surface area contributed by atoms with Crippen LogP contribution < -0.4 is 4.72 Å². The maximum Gasteiger partial charge on any atom is 0.324 e. The summed E-state index contributed by atoms with van der Waals surface area (Å²) in [5, 5.41) is 18.0. The molecule has 0 aliphatic rings. The van der Waals surface area contributed by atoms with Gasteiger partial charge in [0.15, 0.2) is 0 Å². The molecule has 2 atom stereocenters. The Hall–Kier alpha value is -1.22. The summed E-state index contributed by atoms with van der Waals surface area (Å²) in [7, 11) is -4.42. The van der Waals surface area contributed by atoms with E-state index in [2.05, 4.69) is 0 Å². The lowest BCUT2D eigenvalue weighted by Crippen LogP contribution is -2.47. The minimum atomic E-state index is -4.42. The van der Waals surface area contributed by atoms with Gasteiger partial charge in [0.25, 0.3) is 0 Å². The number of benzene rings is 1. The molecule has 3 N–H and O–H groups in total. The zero-order chi connectivity index (χ0) is 14.8. The molecule has 0 heterocycles. The Morgan fingerprint density at radius 2 is 2.05 bits per heavy atom. The van der Waals surface area contributed by atoms with E-state index in [9.17, 15) is 22.7 Å². The van der Waals surface area contributed by atoms with Crippen molar-refractivity contribution >= 4 is 27.6 Å². The summed E-state index contributed by atoms with van der Waals surface area (Å²) in [5.41, 5.74) is 0. The van der Waals surface area contributed by atoms with Crippen molar-refractivity contribution in [3.05, 3.63) is 29.0 Å². The molecule has 19 heavy (non-hydrogen) atoms. The Morgan fingerprint density at radius 3 is 2.47 bits per heavy atom. The first-order valence-corrected chi connectivity index (χ1v) is 6.89. The third-order valence-corrected chi connectivity index (χ3v) is 3.92. The fourth-order valence-electron chi connectivity index (χ4n) is 1.28. The van der Waals surface area contributed by atoms with Gasteiger partial charge in [-0.3, -0.25) is 4.79 Å². The average Bonchev–Trinajstić information content (AvgIpc) is 2.24. The molecule has 1 rings (SSSR count). The molecule has 0 bridgehead atoms. The molecule has 0 saturated heterocycles. The summed E-state index contributed by atoms with van der Waals surface area (Å²) in [5.74, 6) is -2.69. The summed E-state index contributed by atoms with van der Waals surface area (Å²) < 4.78 is 38.8. The van der Waals surface area contributed by atoms with E-state index < -0.39 is 38.9 Å². The Kier molecular flexibility index (Phi) is 4.86. The molecule has 0 spiro atoms. The first-order valence-electron chi connectivity index (χ1n) is 5.03. The quantitative estimate of drug-likeness (QED) is 0.738. The van der Waals surface area contributed by atoms with Crippen LogP contribution in [-0.4, -0.2) is 36.7 Å². The number of carbonyl (C=O) groups is 1. The van der Waals surface area contributed by atoms with Crippen molar-refractivity contribution in [1.29, 1.82) is 0 Å². The molecule has 1 aromatic rings. The fraction of sp³-hybridized carbons (Fsp3) is 0.300. The van der Waals surface area contributed by atoms with Crippen molar-refractivity contribution in [2.24, 2.45) is 0 Å². The zero-order valence-corrected chi connectivity index (χ0v) is 11.2. The van der Waals surface area contributed by atoms with Gasteiger partial charge >= 0.3 is 5.97 Å². The fourth-order valence-corrected chi connectivity index (χ4v) is 2.76. The van der Waals surface area contributed by atoms with Crippen LogP contribution in [0.25, 0.3) is 0 Å². The monoisotopic (exact) mass is 311 g/mol. The van der Waals surface area contributed by atoms with Crippen LogP contribution in [0.4, 0.5) is 4.39 Å². The molecule has 0 saturated carbocycles. The van der Waals surface area contributed by atoms with Crippen molar-refractivity contribution in [3.63, 3.8) is 0 Å². The van der Waals surface area contributed by atoms with E-state index in [0.29, 0.717) is 0 Å². The maximum absolute atomic E-state index is 13.5. The van der Waals surface area contributed by atoms with E-state index in [1.165, 1.54) is 0 Å².